The lowest BCUT2D eigenvalue weighted by molar-refractivity contribution is -0.144. The molecule has 0 saturated carbocycles. The molecule has 3 nitrogen and oxygen atoms in total. The molecule has 3 heteroatoms. The normalized spacial score (nSPS) is 22.7. The summed E-state index contributed by atoms with van der Waals surface area (Å²) in [6.07, 6.45) is 1.65. The highest BCUT2D eigenvalue weighted by atomic mass is 16.5. The summed E-state index contributed by atoms with van der Waals surface area (Å²) in [7, 11) is 0. The smallest absolute Gasteiger partial charge is 0.306 e. The average Bonchev–Trinajstić information content (AvgIpc) is 2.82. The van der Waals surface area contributed by atoms with Gasteiger partial charge in [-0.2, -0.15) is 0 Å². The van der Waals surface area contributed by atoms with E-state index in [2.05, 4.69) is 49.1 Å². The minimum Gasteiger partial charge on any atom is -0.466 e. The molecule has 1 heterocycles. The monoisotopic (exact) mass is 289 g/mol. The van der Waals surface area contributed by atoms with Gasteiger partial charge in [0.1, 0.15) is 0 Å². The molecule has 0 spiro atoms. The second-order valence-corrected chi connectivity index (χ2v) is 6.25. The van der Waals surface area contributed by atoms with Crippen LogP contribution in [0.4, 0.5) is 0 Å². The van der Waals surface area contributed by atoms with Gasteiger partial charge in [0, 0.05) is 19.0 Å². The summed E-state index contributed by atoms with van der Waals surface area (Å²) >= 11 is 0. The van der Waals surface area contributed by atoms with Crippen LogP contribution in [0, 0.1) is 11.8 Å². The van der Waals surface area contributed by atoms with Crippen molar-refractivity contribution in [3.63, 3.8) is 0 Å². The fraction of sp³-hybridized carbons (Fsp3) is 0.611. The molecule has 0 aromatic heterocycles. The van der Waals surface area contributed by atoms with Gasteiger partial charge in [0.2, 0.25) is 0 Å². The van der Waals surface area contributed by atoms with E-state index in [9.17, 15) is 4.79 Å². The molecule has 2 atom stereocenters. The zero-order chi connectivity index (χ0) is 15.2. The summed E-state index contributed by atoms with van der Waals surface area (Å²) in [6.45, 7) is 8.91. The first-order valence-corrected chi connectivity index (χ1v) is 8.05. The first-order chi connectivity index (χ1) is 10.1. The second-order valence-electron chi connectivity index (χ2n) is 6.25. The van der Waals surface area contributed by atoms with Crippen molar-refractivity contribution in [2.45, 2.75) is 46.2 Å². The molecule has 1 fully saturated rings. The van der Waals surface area contributed by atoms with Crippen molar-refractivity contribution in [2.75, 3.05) is 13.2 Å². The summed E-state index contributed by atoms with van der Waals surface area (Å²) in [5, 5.41) is 0. The first-order valence-electron chi connectivity index (χ1n) is 8.05. The van der Waals surface area contributed by atoms with Crippen molar-refractivity contribution < 1.29 is 9.53 Å². The van der Waals surface area contributed by atoms with E-state index in [1.807, 2.05) is 6.92 Å². The minimum absolute atomic E-state index is 0.0466. The fourth-order valence-electron chi connectivity index (χ4n) is 3.57. The number of hydrogen-bond acceptors (Lipinski definition) is 3. The lowest BCUT2D eigenvalue weighted by Crippen LogP contribution is -2.37. The van der Waals surface area contributed by atoms with Crippen LogP contribution in [0.2, 0.25) is 0 Å². The maximum absolute atomic E-state index is 11.8. The van der Waals surface area contributed by atoms with Gasteiger partial charge in [-0.25, -0.2) is 0 Å². The van der Waals surface area contributed by atoms with Crippen LogP contribution in [-0.2, 0) is 16.1 Å². The number of hydrogen-bond donors (Lipinski definition) is 0. The summed E-state index contributed by atoms with van der Waals surface area (Å²) in [5.74, 6) is 0.929. The van der Waals surface area contributed by atoms with Crippen LogP contribution in [0.25, 0.3) is 0 Å². The number of carbonyl (C=O) groups is 1. The maximum atomic E-state index is 11.8. The molecule has 1 aromatic carbocycles. The molecule has 116 valence electrons. The summed E-state index contributed by atoms with van der Waals surface area (Å²) in [4.78, 5) is 14.3. The maximum Gasteiger partial charge on any atom is 0.306 e. The van der Waals surface area contributed by atoms with Crippen LogP contribution < -0.4 is 0 Å². The highest BCUT2D eigenvalue weighted by Crippen LogP contribution is 2.33. The number of ether oxygens (including phenoxy) is 1. The van der Waals surface area contributed by atoms with E-state index in [1.54, 1.807) is 0 Å². The number of nitrogens with zero attached hydrogens (tertiary/aromatic N) is 1. The molecule has 1 aliphatic rings. The number of esters is 1. The first kappa shape index (κ1) is 16.0. The molecule has 1 saturated heterocycles. The van der Waals surface area contributed by atoms with Crippen LogP contribution in [0.15, 0.2) is 30.3 Å². The zero-order valence-corrected chi connectivity index (χ0v) is 13.4. The van der Waals surface area contributed by atoms with E-state index in [4.69, 9.17) is 4.74 Å². The second kappa shape index (κ2) is 7.60. The van der Waals surface area contributed by atoms with Gasteiger partial charge in [0.25, 0.3) is 0 Å². The van der Waals surface area contributed by atoms with Gasteiger partial charge in [-0.3, -0.25) is 9.69 Å². The zero-order valence-electron chi connectivity index (χ0n) is 13.4. The van der Waals surface area contributed by atoms with Gasteiger partial charge in [0.05, 0.1) is 6.61 Å². The molecule has 0 bridgehead atoms. The Morgan fingerprint density at radius 1 is 1.33 bits per heavy atom. The quantitative estimate of drug-likeness (QED) is 0.751. The predicted molar refractivity (Wildman–Crippen MR) is 84.8 cm³/mol. The Labute approximate surface area is 128 Å². The molecule has 0 aliphatic carbocycles. The Morgan fingerprint density at radius 2 is 2.05 bits per heavy atom. The molecule has 1 aromatic rings. The van der Waals surface area contributed by atoms with Gasteiger partial charge < -0.3 is 4.74 Å². The third kappa shape index (κ3) is 4.31. The summed E-state index contributed by atoms with van der Waals surface area (Å²) < 4.78 is 5.13. The van der Waals surface area contributed by atoms with E-state index in [0.29, 0.717) is 30.9 Å². The Bertz CT molecular complexity index is 444. The topological polar surface area (TPSA) is 29.5 Å². The van der Waals surface area contributed by atoms with E-state index in [1.165, 1.54) is 5.56 Å². The Hall–Kier alpha value is -1.35. The van der Waals surface area contributed by atoms with Crippen LogP contribution >= 0.6 is 0 Å². The van der Waals surface area contributed by atoms with Gasteiger partial charge in [0.15, 0.2) is 0 Å². The SMILES string of the molecule is CCOC(=O)CC1CCN(Cc2ccccc2)C1C(C)C. The van der Waals surface area contributed by atoms with Gasteiger partial charge in [-0.1, -0.05) is 44.2 Å². The Kier molecular flexibility index (Phi) is 5.80. The van der Waals surface area contributed by atoms with E-state index < -0.39 is 0 Å². The van der Waals surface area contributed by atoms with Crippen LogP contribution in [-0.4, -0.2) is 30.1 Å². The van der Waals surface area contributed by atoms with Crippen molar-refractivity contribution in [3.05, 3.63) is 35.9 Å². The highest BCUT2D eigenvalue weighted by Gasteiger charge is 2.37. The average molecular weight is 289 g/mol. The van der Waals surface area contributed by atoms with Crippen molar-refractivity contribution in [1.29, 1.82) is 0 Å². The number of rotatable bonds is 6. The fourth-order valence-corrected chi connectivity index (χ4v) is 3.57. The molecule has 21 heavy (non-hydrogen) atoms. The molecule has 1 aliphatic heterocycles. The molecule has 2 rings (SSSR count). The highest BCUT2D eigenvalue weighted by molar-refractivity contribution is 5.69. The van der Waals surface area contributed by atoms with Crippen LogP contribution in [0.3, 0.4) is 0 Å². The van der Waals surface area contributed by atoms with Crippen molar-refractivity contribution in [2.24, 2.45) is 11.8 Å². The van der Waals surface area contributed by atoms with Crippen molar-refractivity contribution in [1.82, 2.24) is 4.90 Å². The van der Waals surface area contributed by atoms with Crippen molar-refractivity contribution >= 4 is 5.97 Å². The van der Waals surface area contributed by atoms with Gasteiger partial charge in [-0.05, 0) is 37.3 Å². The van der Waals surface area contributed by atoms with E-state index in [-0.39, 0.29) is 5.97 Å². The standard InChI is InChI=1S/C18H27NO2/c1-4-21-17(20)12-16-10-11-19(18(16)14(2)3)13-15-8-6-5-7-9-15/h5-9,14,16,18H,4,10-13H2,1-3H3. The van der Waals surface area contributed by atoms with Crippen LogP contribution in [0.1, 0.15) is 39.2 Å². The Morgan fingerprint density at radius 3 is 2.67 bits per heavy atom. The number of carbonyl (C=O) groups excluding carboxylic acids is 1. The lowest BCUT2D eigenvalue weighted by Gasteiger charge is -2.31. The number of benzene rings is 1. The van der Waals surface area contributed by atoms with E-state index >= 15 is 0 Å². The molecule has 0 amide bonds. The Balaban J connectivity index is 2.01. The minimum atomic E-state index is -0.0466. The molecular formula is C18H27NO2. The van der Waals surface area contributed by atoms with Crippen molar-refractivity contribution in [3.8, 4) is 0 Å². The van der Waals surface area contributed by atoms with E-state index in [0.717, 1.165) is 19.5 Å². The molecule has 2 unspecified atom stereocenters. The molecular weight excluding hydrogens is 262 g/mol. The lowest BCUT2D eigenvalue weighted by atomic mass is 9.88. The molecule has 0 radical (unpaired) electrons. The van der Waals surface area contributed by atoms with Gasteiger partial charge in [-0.15, -0.1) is 0 Å². The third-order valence-electron chi connectivity index (χ3n) is 4.34. The largest absolute Gasteiger partial charge is 0.466 e. The predicted octanol–water partition coefficient (Wildman–Crippen LogP) is 3.49. The summed E-state index contributed by atoms with van der Waals surface area (Å²) in [6, 6.07) is 11.1. The number of likely N-dealkylation sites (tertiary alicyclic amines) is 1. The molecule has 0 N–H and O–H groups in total. The third-order valence-corrected chi connectivity index (χ3v) is 4.34. The van der Waals surface area contributed by atoms with Crippen LogP contribution in [0.5, 0.6) is 0 Å². The van der Waals surface area contributed by atoms with Gasteiger partial charge >= 0.3 is 5.97 Å². The summed E-state index contributed by atoms with van der Waals surface area (Å²) in [5.41, 5.74) is 1.35.